The zero-order valence-electron chi connectivity index (χ0n) is 11.1. The number of hydrogen-bond acceptors (Lipinski definition) is 6. The number of aromatic amines is 2. The van der Waals surface area contributed by atoms with Crippen molar-refractivity contribution in [3.63, 3.8) is 0 Å². The van der Waals surface area contributed by atoms with Crippen LogP contribution in [0.1, 0.15) is 16.4 Å². The second kappa shape index (κ2) is 5.04. The number of benzene rings is 1. The summed E-state index contributed by atoms with van der Waals surface area (Å²) in [5, 5.41) is 15.6. The van der Waals surface area contributed by atoms with Crippen LogP contribution >= 0.6 is 0 Å². The van der Waals surface area contributed by atoms with Crippen molar-refractivity contribution in [2.75, 3.05) is 11.1 Å². The molecule has 5 N–H and O–H groups in total. The quantitative estimate of drug-likeness (QED) is 0.559. The monoisotopic (exact) mass is 284 g/mol. The Morgan fingerprint density at radius 2 is 2.10 bits per heavy atom. The number of aryl methyl sites for hydroxylation is 1. The summed E-state index contributed by atoms with van der Waals surface area (Å²) in [5.41, 5.74) is 6.74. The Bertz CT molecular complexity index is 790. The number of rotatable bonds is 3. The van der Waals surface area contributed by atoms with Gasteiger partial charge in [-0.2, -0.15) is 10.1 Å². The third kappa shape index (κ3) is 2.71. The maximum atomic E-state index is 11.9. The van der Waals surface area contributed by atoms with Crippen LogP contribution in [0.4, 0.5) is 11.6 Å². The number of nitrogens with one attached hydrogen (secondary N) is 3. The molecule has 0 bridgehead atoms. The molecule has 2 aromatic heterocycles. The van der Waals surface area contributed by atoms with E-state index in [-0.39, 0.29) is 11.8 Å². The Labute approximate surface area is 119 Å². The molecule has 0 saturated heterocycles. The summed E-state index contributed by atoms with van der Waals surface area (Å²) in [6, 6.07) is 7.16. The van der Waals surface area contributed by atoms with E-state index < -0.39 is 5.91 Å². The van der Waals surface area contributed by atoms with Gasteiger partial charge in [-0.3, -0.25) is 15.0 Å². The van der Waals surface area contributed by atoms with Crippen molar-refractivity contribution in [3.8, 4) is 11.4 Å². The van der Waals surface area contributed by atoms with Gasteiger partial charge in [0.15, 0.2) is 5.82 Å². The highest BCUT2D eigenvalue weighted by molar-refractivity contribution is 6.01. The summed E-state index contributed by atoms with van der Waals surface area (Å²) in [4.78, 5) is 19.9. The van der Waals surface area contributed by atoms with Gasteiger partial charge in [-0.25, -0.2) is 4.98 Å². The number of aromatic nitrogens is 6. The fourth-order valence-electron chi connectivity index (χ4n) is 1.77. The van der Waals surface area contributed by atoms with Crippen LogP contribution < -0.4 is 11.1 Å². The van der Waals surface area contributed by atoms with Gasteiger partial charge in [-0.05, 0) is 19.1 Å². The fraction of sp³-hybridized carbons (Fsp3) is 0.0833. The number of nitrogen functional groups attached to an aromatic ring is 1. The minimum atomic E-state index is -0.428. The number of nitrogens with zero attached hydrogens (tertiary/aromatic N) is 4. The molecule has 3 rings (SSSR count). The molecule has 0 aliphatic rings. The maximum absolute atomic E-state index is 11.9. The lowest BCUT2D eigenvalue weighted by molar-refractivity contribution is 0.101. The Morgan fingerprint density at radius 3 is 2.76 bits per heavy atom. The number of amides is 1. The first-order chi connectivity index (χ1) is 10.1. The third-order valence-corrected chi connectivity index (χ3v) is 2.69. The molecule has 0 atom stereocenters. The highest BCUT2D eigenvalue weighted by atomic mass is 16.2. The minimum Gasteiger partial charge on any atom is -0.366 e. The maximum Gasteiger partial charge on any atom is 0.293 e. The van der Waals surface area contributed by atoms with Crippen molar-refractivity contribution in [1.82, 2.24) is 30.4 Å². The second-order valence-corrected chi connectivity index (χ2v) is 4.32. The summed E-state index contributed by atoms with van der Waals surface area (Å²) >= 11 is 0. The molecule has 9 nitrogen and oxygen atoms in total. The van der Waals surface area contributed by atoms with Gasteiger partial charge in [0.25, 0.3) is 5.91 Å². The van der Waals surface area contributed by atoms with Gasteiger partial charge in [0.1, 0.15) is 5.82 Å². The SMILES string of the molecule is Cc1nc(-c2cccc(NC(=O)c3nc(N)n[nH]3)c2)n[nH]1. The van der Waals surface area contributed by atoms with E-state index >= 15 is 0 Å². The topological polar surface area (TPSA) is 138 Å². The molecule has 0 fully saturated rings. The van der Waals surface area contributed by atoms with Gasteiger partial charge in [0.05, 0.1) is 0 Å². The van der Waals surface area contributed by atoms with Crippen molar-refractivity contribution >= 4 is 17.5 Å². The number of carbonyl (C=O) groups excluding carboxylic acids is 1. The largest absolute Gasteiger partial charge is 0.366 e. The first kappa shape index (κ1) is 12.8. The molecule has 0 saturated carbocycles. The fourth-order valence-corrected chi connectivity index (χ4v) is 1.77. The highest BCUT2D eigenvalue weighted by Crippen LogP contribution is 2.19. The number of carbonyl (C=O) groups is 1. The van der Waals surface area contributed by atoms with E-state index in [1.807, 2.05) is 13.0 Å². The van der Waals surface area contributed by atoms with Crippen LogP contribution in [0.2, 0.25) is 0 Å². The molecule has 0 aliphatic heterocycles. The van der Waals surface area contributed by atoms with Crippen molar-refractivity contribution in [2.24, 2.45) is 0 Å². The lowest BCUT2D eigenvalue weighted by Crippen LogP contribution is -2.13. The molecular formula is C12H12N8O. The average Bonchev–Trinajstić information content (AvgIpc) is 3.08. The molecule has 0 unspecified atom stereocenters. The Balaban J connectivity index is 1.82. The Kier molecular flexibility index (Phi) is 3.07. The molecule has 9 heteroatoms. The van der Waals surface area contributed by atoms with Gasteiger partial charge in [0.2, 0.25) is 11.8 Å². The number of H-pyrrole nitrogens is 2. The summed E-state index contributed by atoms with van der Waals surface area (Å²) in [6.45, 7) is 1.82. The molecule has 3 aromatic rings. The predicted molar refractivity (Wildman–Crippen MR) is 75.3 cm³/mol. The standard InChI is InChI=1S/C12H12N8O/c1-6-14-9(18-17-6)7-3-2-4-8(5-7)15-11(21)10-16-12(13)20-19-10/h2-5H,1H3,(H,15,21)(H,14,17,18)(H3,13,16,19,20). The van der Waals surface area contributed by atoms with E-state index in [0.29, 0.717) is 11.5 Å². The van der Waals surface area contributed by atoms with Crippen LogP contribution in [0.15, 0.2) is 24.3 Å². The van der Waals surface area contributed by atoms with Crippen LogP contribution in [0, 0.1) is 6.92 Å². The van der Waals surface area contributed by atoms with E-state index in [2.05, 4.69) is 35.7 Å². The number of anilines is 2. The Morgan fingerprint density at radius 1 is 1.24 bits per heavy atom. The van der Waals surface area contributed by atoms with E-state index in [1.54, 1.807) is 18.2 Å². The zero-order chi connectivity index (χ0) is 14.8. The molecule has 1 aromatic carbocycles. The summed E-state index contributed by atoms with van der Waals surface area (Å²) < 4.78 is 0. The van der Waals surface area contributed by atoms with E-state index in [4.69, 9.17) is 5.73 Å². The molecule has 2 heterocycles. The molecular weight excluding hydrogens is 272 g/mol. The van der Waals surface area contributed by atoms with Crippen molar-refractivity contribution in [2.45, 2.75) is 6.92 Å². The van der Waals surface area contributed by atoms with Crippen LogP contribution in [0.25, 0.3) is 11.4 Å². The highest BCUT2D eigenvalue weighted by Gasteiger charge is 2.12. The smallest absolute Gasteiger partial charge is 0.293 e. The minimum absolute atomic E-state index is 0.0186. The van der Waals surface area contributed by atoms with Crippen LogP contribution in [0.3, 0.4) is 0 Å². The van der Waals surface area contributed by atoms with E-state index in [0.717, 1.165) is 11.4 Å². The van der Waals surface area contributed by atoms with Crippen LogP contribution in [-0.4, -0.2) is 36.3 Å². The molecule has 106 valence electrons. The lowest BCUT2D eigenvalue weighted by Gasteiger charge is -2.04. The number of hydrogen-bond donors (Lipinski definition) is 4. The molecule has 0 spiro atoms. The van der Waals surface area contributed by atoms with Gasteiger partial charge < -0.3 is 11.1 Å². The summed E-state index contributed by atoms with van der Waals surface area (Å²) in [5.74, 6) is 0.920. The first-order valence-corrected chi connectivity index (χ1v) is 6.10. The van der Waals surface area contributed by atoms with Gasteiger partial charge in [0, 0.05) is 11.3 Å². The third-order valence-electron chi connectivity index (χ3n) is 2.69. The normalized spacial score (nSPS) is 10.5. The molecule has 21 heavy (non-hydrogen) atoms. The number of nitrogens with two attached hydrogens (primary N) is 1. The van der Waals surface area contributed by atoms with Crippen LogP contribution in [0.5, 0.6) is 0 Å². The van der Waals surface area contributed by atoms with E-state index in [1.165, 1.54) is 0 Å². The zero-order valence-corrected chi connectivity index (χ0v) is 11.1. The van der Waals surface area contributed by atoms with Crippen molar-refractivity contribution < 1.29 is 4.79 Å². The van der Waals surface area contributed by atoms with E-state index in [9.17, 15) is 4.79 Å². The summed E-state index contributed by atoms with van der Waals surface area (Å²) in [6.07, 6.45) is 0. The average molecular weight is 284 g/mol. The Hall–Kier alpha value is -3.23. The predicted octanol–water partition coefficient (Wildman–Crippen LogP) is 0.733. The van der Waals surface area contributed by atoms with Gasteiger partial charge >= 0.3 is 0 Å². The molecule has 0 radical (unpaired) electrons. The molecule has 0 aliphatic carbocycles. The molecule has 1 amide bonds. The lowest BCUT2D eigenvalue weighted by atomic mass is 10.2. The summed E-state index contributed by atoms with van der Waals surface area (Å²) in [7, 11) is 0. The van der Waals surface area contributed by atoms with Crippen LogP contribution in [-0.2, 0) is 0 Å². The van der Waals surface area contributed by atoms with Crippen molar-refractivity contribution in [3.05, 3.63) is 35.9 Å². The second-order valence-electron chi connectivity index (χ2n) is 4.32. The van der Waals surface area contributed by atoms with Crippen molar-refractivity contribution in [1.29, 1.82) is 0 Å². The van der Waals surface area contributed by atoms with Gasteiger partial charge in [-0.15, -0.1) is 5.10 Å². The van der Waals surface area contributed by atoms with Gasteiger partial charge in [-0.1, -0.05) is 12.1 Å². The first-order valence-electron chi connectivity index (χ1n) is 6.10.